The van der Waals surface area contributed by atoms with Crippen molar-refractivity contribution in [3.63, 3.8) is 0 Å². The molecule has 0 bridgehead atoms. The molecule has 1 heterocycles. The summed E-state index contributed by atoms with van der Waals surface area (Å²) >= 11 is 0. The number of aromatic nitrogens is 1. The highest BCUT2D eigenvalue weighted by molar-refractivity contribution is 5.99. The summed E-state index contributed by atoms with van der Waals surface area (Å²) < 4.78 is 17.4. The molecular weight excluding hydrogens is 308 g/mol. The van der Waals surface area contributed by atoms with E-state index in [-0.39, 0.29) is 11.9 Å². The molecule has 0 radical (unpaired) electrons. The number of hydrogen-bond donors (Lipinski definition) is 0. The first kappa shape index (κ1) is 17.6. The van der Waals surface area contributed by atoms with Crippen molar-refractivity contribution >= 4 is 5.91 Å². The summed E-state index contributed by atoms with van der Waals surface area (Å²) in [5.41, 5.74) is 0.945. The highest BCUT2D eigenvalue weighted by Gasteiger charge is 2.19. The van der Waals surface area contributed by atoms with E-state index in [9.17, 15) is 4.79 Å². The average Bonchev–Trinajstić information content (AvgIpc) is 2.59. The van der Waals surface area contributed by atoms with Gasteiger partial charge in [-0.3, -0.25) is 14.4 Å². The van der Waals surface area contributed by atoms with E-state index in [1.165, 1.54) is 25.9 Å². The standard InChI is InChI=1S/C18H22N2O4/c1-12(2)19-17-8-6-7-9-20(17)18(21)13-10-15(23-4)16(24-5)11-14(13)22-3/h6-12H,1-5H3. The van der Waals surface area contributed by atoms with Crippen LogP contribution in [0.2, 0.25) is 0 Å². The molecular formula is C18H22N2O4. The number of benzene rings is 1. The zero-order chi connectivity index (χ0) is 17.7. The van der Waals surface area contributed by atoms with Crippen molar-refractivity contribution < 1.29 is 19.0 Å². The Labute approximate surface area is 141 Å². The topological polar surface area (TPSA) is 62.0 Å². The number of ether oxygens (including phenoxy) is 3. The normalized spacial score (nSPS) is 11.5. The van der Waals surface area contributed by atoms with Crippen LogP contribution in [0.3, 0.4) is 0 Å². The number of pyridine rings is 1. The zero-order valence-electron chi connectivity index (χ0n) is 14.6. The minimum absolute atomic E-state index is 0.0683. The Morgan fingerprint density at radius 2 is 1.62 bits per heavy atom. The van der Waals surface area contributed by atoms with Gasteiger partial charge in [-0.25, -0.2) is 0 Å². The van der Waals surface area contributed by atoms with Crippen LogP contribution in [0, 0.1) is 0 Å². The van der Waals surface area contributed by atoms with E-state index >= 15 is 0 Å². The second-order valence-corrected chi connectivity index (χ2v) is 5.36. The Hall–Kier alpha value is -2.76. The third-order valence-corrected chi connectivity index (χ3v) is 3.38. The van der Waals surface area contributed by atoms with Crippen molar-refractivity contribution in [1.82, 2.24) is 4.57 Å². The molecule has 24 heavy (non-hydrogen) atoms. The largest absolute Gasteiger partial charge is 0.496 e. The average molecular weight is 330 g/mol. The number of rotatable bonds is 5. The molecule has 128 valence electrons. The summed E-state index contributed by atoms with van der Waals surface area (Å²) in [6, 6.07) is 8.74. The van der Waals surface area contributed by atoms with Crippen molar-refractivity contribution in [2.75, 3.05) is 21.3 Å². The summed E-state index contributed by atoms with van der Waals surface area (Å²) in [7, 11) is 4.56. The second kappa shape index (κ2) is 7.68. The summed E-state index contributed by atoms with van der Waals surface area (Å²) in [5.74, 6) is 1.11. The van der Waals surface area contributed by atoms with Crippen LogP contribution in [0.5, 0.6) is 17.2 Å². The molecule has 1 aromatic carbocycles. The summed E-state index contributed by atoms with van der Waals surface area (Å²) in [4.78, 5) is 17.5. The minimum atomic E-state index is -0.257. The molecule has 0 unspecified atom stereocenters. The van der Waals surface area contributed by atoms with Gasteiger partial charge in [0.25, 0.3) is 5.91 Å². The van der Waals surface area contributed by atoms with E-state index in [1.54, 1.807) is 30.5 Å². The van der Waals surface area contributed by atoms with Gasteiger partial charge in [0.05, 0.1) is 26.9 Å². The van der Waals surface area contributed by atoms with Crippen LogP contribution in [0.1, 0.15) is 24.2 Å². The lowest BCUT2D eigenvalue weighted by atomic mass is 10.1. The number of methoxy groups -OCH3 is 3. The highest BCUT2D eigenvalue weighted by atomic mass is 16.5. The van der Waals surface area contributed by atoms with Gasteiger partial charge >= 0.3 is 0 Å². The molecule has 0 atom stereocenters. The highest BCUT2D eigenvalue weighted by Crippen LogP contribution is 2.34. The van der Waals surface area contributed by atoms with E-state index in [0.29, 0.717) is 28.3 Å². The molecule has 0 aliphatic rings. The van der Waals surface area contributed by atoms with Gasteiger partial charge in [-0.15, -0.1) is 0 Å². The molecule has 2 rings (SSSR count). The third-order valence-electron chi connectivity index (χ3n) is 3.38. The lowest BCUT2D eigenvalue weighted by molar-refractivity contribution is 0.0951. The molecule has 2 aromatic rings. The van der Waals surface area contributed by atoms with Crippen molar-refractivity contribution in [2.24, 2.45) is 4.99 Å². The first-order valence-electron chi connectivity index (χ1n) is 7.58. The summed E-state index contributed by atoms with van der Waals surface area (Å²) in [6.45, 7) is 3.91. The smallest absolute Gasteiger partial charge is 0.267 e. The molecule has 6 heteroatoms. The van der Waals surface area contributed by atoms with Crippen molar-refractivity contribution in [2.45, 2.75) is 19.9 Å². The maximum Gasteiger partial charge on any atom is 0.267 e. The lowest BCUT2D eigenvalue weighted by Gasteiger charge is -2.14. The number of nitrogens with zero attached hydrogens (tertiary/aromatic N) is 2. The Bertz CT molecular complexity index is 794. The van der Waals surface area contributed by atoms with Crippen molar-refractivity contribution in [3.05, 3.63) is 47.6 Å². The van der Waals surface area contributed by atoms with Gasteiger partial charge in [-0.1, -0.05) is 6.07 Å². The second-order valence-electron chi connectivity index (χ2n) is 5.36. The van der Waals surface area contributed by atoms with Crippen LogP contribution >= 0.6 is 0 Å². The molecule has 0 saturated heterocycles. The monoisotopic (exact) mass is 330 g/mol. The Kier molecular flexibility index (Phi) is 5.63. The SMILES string of the molecule is COc1cc(OC)c(C(=O)n2ccccc2=NC(C)C)cc1OC. The molecule has 0 saturated carbocycles. The summed E-state index contributed by atoms with van der Waals surface area (Å²) in [5, 5.41) is 0. The maximum atomic E-state index is 13.0. The van der Waals surface area contributed by atoms with E-state index in [2.05, 4.69) is 4.99 Å². The fraction of sp³-hybridized carbons (Fsp3) is 0.333. The molecule has 0 aliphatic heterocycles. The minimum Gasteiger partial charge on any atom is -0.496 e. The molecule has 0 spiro atoms. The quantitative estimate of drug-likeness (QED) is 0.845. The first-order chi connectivity index (χ1) is 11.5. The van der Waals surface area contributed by atoms with E-state index in [0.717, 1.165) is 0 Å². The van der Waals surface area contributed by atoms with Crippen LogP contribution in [-0.2, 0) is 0 Å². The Morgan fingerprint density at radius 3 is 2.21 bits per heavy atom. The van der Waals surface area contributed by atoms with E-state index in [1.807, 2.05) is 19.9 Å². The van der Waals surface area contributed by atoms with Crippen molar-refractivity contribution in [1.29, 1.82) is 0 Å². The van der Waals surface area contributed by atoms with Gasteiger partial charge in [0.1, 0.15) is 11.2 Å². The molecule has 0 fully saturated rings. The van der Waals surface area contributed by atoms with Crippen LogP contribution in [0.25, 0.3) is 0 Å². The molecule has 0 amide bonds. The predicted octanol–water partition coefficient (Wildman–Crippen LogP) is 2.51. The first-order valence-corrected chi connectivity index (χ1v) is 7.58. The maximum absolute atomic E-state index is 13.0. The molecule has 0 N–H and O–H groups in total. The van der Waals surface area contributed by atoms with Gasteiger partial charge in [0, 0.05) is 24.4 Å². The fourth-order valence-corrected chi connectivity index (χ4v) is 2.30. The lowest BCUT2D eigenvalue weighted by Crippen LogP contribution is -2.28. The molecule has 6 nitrogen and oxygen atoms in total. The van der Waals surface area contributed by atoms with Gasteiger partial charge < -0.3 is 14.2 Å². The third kappa shape index (κ3) is 3.59. The molecule has 0 aliphatic carbocycles. The number of hydrogen-bond acceptors (Lipinski definition) is 5. The van der Waals surface area contributed by atoms with Crippen LogP contribution < -0.4 is 19.7 Å². The van der Waals surface area contributed by atoms with E-state index < -0.39 is 0 Å². The van der Waals surface area contributed by atoms with E-state index in [4.69, 9.17) is 14.2 Å². The van der Waals surface area contributed by atoms with Gasteiger partial charge in [0.2, 0.25) is 0 Å². The van der Waals surface area contributed by atoms with Gasteiger partial charge in [-0.05, 0) is 26.0 Å². The van der Waals surface area contributed by atoms with Crippen LogP contribution in [0.4, 0.5) is 0 Å². The van der Waals surface area contributed by atoms with Gasteiger partial charge in [-0.2, -0.15) is 0 Å². The Morgan fingerprint density at radius 1 is 1.00 bits per heavy atom. The zero-order valence-corrected chi connectivity index (χ0v) is 14.6. The van der Waals surface area contributed by atoms with Crippen LogP contribution in [-0.4, -0.2) is 37.8 Å². The number of carbonyl (C=O) groups excluding carboxylic acids is 1. The van der Waals surface area contributed by atoms with Crippen molar-refractivity contribution in [3.8, 4) is 17.2 Å². The molecule has 1 aromatic heterocycles. The van der Waals surface area contributed by atoms with Crippen LogP contribution in [0.15, 0.2) is 41.5 Å². The fourth-order valence-electron chi connectivity index (χ4n) is 2.30. The predicted molar refractivity (Wildman–Crippen MR) is 91.0 cm³/mol. The number of carbonyl (C=O) groups is 1. The Balaban J connectivity index is 2.63. The summed E-state index contributed by atoms with van der Waals surface area (Å²) in [6.07, 6.45) is 1.68. The van der Waals surface area contributed by atoms with Gasteiger partial charge in [0.15, 0.2) is 11.5 Å².